The SMILES string of the molecule is Cc1nn(-c2ccc3nncn3n2)c2c1[C@H](c1ccc(F)cc1)CC(=O)N2. The van der Waals surface area contributed by atoms with Crippen molar-refractivity contribution in [3.05, 3.63) is 65.4 Å². The highest BCUT2D eigenvalue weighted by Crippen LogP contribution is 2.39. The van der Waals surface area contributed by atoms with Crippen LogP contribution in [0.1, 0.15) is 29.2 Å². The molecule has 27 heavy (non-hydrogen) atoms. The summed E-state index contributed by atoms with van der Waals surface area (Å²) in [7, 11) is 0. The van der Waals surface area contributed by atoms with Crippen molar-refractivity contribution < 1.29 is 9.18 Å². The van der Waals surface area contributed by atoms with E-state index in [1.54, 1.807) is 33.5 Å². The van der Waals surface area contributed by atoms with E-state index in [0.29, 0.717) is 17.3 Å². The van der Waals surface area contributed by atoms with Gasteiger partial charge >= 0.3 is 0 Å². The second-order valence-electron chi connectivity index (χ2n) is 6.44. The molecule has 1 aliphatic rings. The minimum absolute atomic E-state index is 0.122. The molecule has 0 radical (unpaired) electrons. The standard InChI is InChI=1S/C18H14FN7O/c1-10-17-13(11-2-4-12(19)5-3-11)8-16(27)21-18(17)26(23-10)15-7-6-14-22-20-9-25(14)24-15/h2-7,9,13H,8H2,1H3,(H,21,27)/t13-/m0/s1. The molecular formula is C18H14FN7O. The number of benzene rings is 1. The Hall–Kier alpha value is -3.62. The quantitative estimate of drug-likeness (QED) is 0.590. The molecule has 0 bridgehead atoms. The van der Waals surface area contributed by atoms with Crippen molar-refractivity contribution >= 4 is 17.4 Å². The van der Waals surface area contributed by atoms with E-state index in [0.717, 1.165) is 16.8 Å². The van der Waals surface area contributed by atoms with Gasteiger partial charge in [0.25, 0.3) is 0 Å². The van der Waals surface area contributed by atoms with Gasteiger partial charge in [0.15, 0.2) is 11.5 Å². The molecule has 1 N–H and O–H groups in total. The fourth-order valence-electron chi connectivity index (χ4n) is 3.52. The smallest absolute Gasteiger partial charge is 0.226 e. The molecule has 4 heterocycles. The zero-order valence-corrected chi connectivity index (χ0v) is 14.3. The Morgan fingerprint density at radius 2 is 1.96 bits per heavy atom. The van der Waals surface area contributed by atoms with Crippen LogP contribution in [0.5, 0.6) is 0 Å². The van der Waals surface area contributed by atoms with Gasteiger partial charge in [0.2, 0.25) is 5.91 Å². The average Bonchev–Trinajstić information content (AvgIpc) is 3.25. The number of carbonyl (C=O) groups excluding carboxylic acids is 1. The molecular weight excluding hydrogens is 349 g/mol. The Morgan fingerprint density at radius 1 is 1.15 bits per heavy atom. The molecule has 0 saturated heterocycles. The van der Waals surface area contributed by atoms with Crippen LogP contribution in [0.2, 0.25) is 0 Å². The Balaban J connectivity index is 1.67. The second kappa shape index (κ2) is 5.70. The molecule has 0 spiro atoms. The first-order valence-corrected chi connectivity index (χ1v) is 8.42. The van der Waals surface area contributed by atoms with E-state index in [-0.39, 0.29) is 24.1 Å². The van der Waals surface area contributed by atoms with Crippen LogP contribution in [0.15, 0.2) is 42.7 Å². The van der Waals surface area contributed by atoms with E-state index >= 15 is 0 Å². The lowest BCUT2D eigenvalue weighted by atomic mass is 9.86. The van der Waals surface area contributed by atoms with Crippen LogP contribution >= 0.6 is 0 Å². The lowest BCUT2D eigenvalue weighted by Crippen LogP contribution is -2.25. The largest absolute Gasteiger partial charge is 0.310 e. The van der Waals surface area contributed by atoms with Gasteiger partial charge in [-0.15, -0.1) is 15.3 Å². The molecule has 9 heteroatoms. The van der Waals surface area contributed by atoms with Gasteiger partial charge in [0.1, 0.15) is 18.0 Å². The highest BCUT2D eigenvalue weighted by atomic mass is 19.1. The van der Waals surface area contributed by atoms with Gasteiger partial charge in [0.05, 0.1) is 5.69 Å². The molecule has 0 saturated carbocycles. The molecule has 1 atom stereocenters. The van der Waals surface area contributed by atoms with E-state index in [1.807, 2.05) is 6.92 Å². The van der Waals surface area contributed by atoms with Gasteiger partial charge < -0.3 is 5.32 Å². The molecule has 1 aliphatic heterocycles. The second-order valence-corrected chi connectivity index (χ2v) is 6.44. The number of anilines is 1. The number of aromatic nitrogens is 6. The van der Waals surface area contributed by atoms with Crippen LogP contribution in [0.4, 0.5) is 10.2 Å². The van der Waals surface area contributed by atoms with Crippen molar-refractivity contribution in [1.29, 1.82) is 0 Å². The summed E-state index contributed by atoms with van der Waals surface area (Å²) < 4.78 is 16.5. The van der Waals surface area contributed by atoms with Crippen LogP contribution in [0.3, 0.4) is 0 Å². The number of nitrogens with zero attached hydrogens (tertiary/aromatic N) is 6. The number of halogens is 1. The first kappa shape index (κ1) is 15.6. The zero-order chi connectivity index (χ0) is 18.5. The van der Waals surface area contributed by atoms with Gasteiger partial charge in [-0.1, -0.05) is 12.1 Å². The lowest BCUT2D eigenvalue weighted by Gasteiger charge is -2.24. The van der Waals surface area contributed by atoms with Gasteiger partial charge in [0, 0.05) is 17.9 Å². The fraction of sp³-hybridized carbons (Fsp3) is 0.167. The van der Waals surface area contributed by atoms with Crippen molar-refractivity contribution in [2.45, 2.75) is 19.3 Å². The van der Waals surface area contributed by atoms with Crippen molar-refractivity contribution in [2.75, 3.05) is 5.32 Å². The first-order chi connectivity index (χ1) is 13.1. The molecule has 5 rings (SSSR count). The van der Waals surface area contributed by atoms with Gasteiger partial charge in [-0.2, -0.15) is 14.3 Å². The van der Waals surface area contributed by atoms with E-state index < -0.39 is 0 Å². The summed E-state index contributed by atoms with van der Waals surface area (Å²) in [5.41, 5.74) is 3.18. The predicted octanol–water partition coefficient (Wildman–Crippen LogP) is 2.23. The van der Waals surface area contributed by atoms with Gasteiger partial charge in [-0.3, -0.25) is 4.79 Å². The molecule has 1 amide bonds. The minimum atomic E-state index is -0.307. The summed E-state index contributed by atoms with van der Waals surface area (Å²) in [6.45, 7) is 1.89. The van der Waals surface area contributed by atoms with E-state index in [9.17, 15) is 9.18 Å². The summed E-state index contributed by atoms with van der Waals surface area (Å²) >= 11 is 0. The van der Waals surface area contributed by atoms with Crippen molar-refractivity contribution in [1.82, 2.24) is 29.6 Å². The van der Waals surface area contributed by atoms with Crippen LogP contribution in [-0.2, 0) is 4.79 Å². The number of hydrogen-bond acceptors (Lipinski definition) is 5. The van der Waals surface area contributed by atoms with Crippen molar-refractivity contribution in [2.24, 2.45) is 0 Å². The number of amides is 1. The Bertz CT molecular complexity index is 1180. The van der Waals surface area contributed by atoms with E-state index in [4.69, 9.17) is 0 Å². The maximum atomic E-state index is 13.3. The Labute approximate surface area is 152 Å². The maximum Gasteiger partial charge on any atom is 0.226 e. The maximum absolute atomic E-state index is 13.3. The molecule has 4 aromatic rings. The Morgan fingerprint density at radius 3 is 2.78 bits per heavy atom. The third-order valence-electron chi connectivity index (χ3n) is 4.74. The highest BCUT2D eigenvalue weighted by Gasteiger charge is 2.33. The zero-order valence-electron chi connectivity index (χ0n) is 14.3. The Kier molecular flexibility index (Phi) is 3.30. The molecule has 3 aromatic heterocycles. The summed E-state index contributed by atoms with van der Waals surface area (Å²) in [5, 5.41) is 19.7. The normalized spacial score (nSPS) is 16.4. The number of fused-ring (bicyclic) bond motifs is 2. The summed E-state index contributed by atoms with van der Waals surface area (Å²) in [4.78, 5) is 12.4. The molecule has 1 aromatic carbocycles. The molecule has 0 aliphatic carbocycles. The number of nitrogens with one attached hydrogen (secondary N) is 1. The first-order valence-electron chi connectivity index (χ1n) is 8.42. The molecule has 0 unspecified atom stereocenters. The van der Waals surface area contributed by atoms with E-state index in [2.05, 4.69) is 25.7 Å². The fourth-order valence-corrected chi connectivity index (χ4v) is 3.52. The van der Waals surface area contributed by atoms with Crippen LogP contribution in [0, 0.1) is 12.7 Å². The number of carbonyl (C=O) groups is 1. The molecule has 8 nitrogen and oxygen atoms in total. The van der Waals surface area contributed by atoms with Crippen LogP contribution in [-0.4, -0.2) is 35.5 Å². The van der Waals surface area contributed by atoms with Gasteiger partial charge in [-0.25, -0.2) is 4.39 Å². The number of aryl methyl sites for hydroxylation is 1. The van der Waals surface area contributed by atoms with E-state index in [1.165, 1.54) is 18.5 Å². The van der Waals surface area contributed by atoms with Gasteiger partial charge in [-0.05, 0) is 36.8 Å². The third kappa shape index (κ3) is 2.47. The lowest BCUT2D eigenvalue weighted by molar-refractivity contribution is -0.116. The topological polar surface area (TPSA) is 90.0 Å². The third-order valence-corrected chi connectivity index (χ3v) is 4.74. The summed E-state index contributed by atoms with van der Waals surface area (Å²) in [5.74, 6) is 0.493. The average molecular weight is 363 g/mol. The number of rotatable bonds is 2. The van der Waals surface area contributed by atoms with Crippen molar-refractivity contribution in [3.8, 4) is 5.82 Å². The molecule has 134 valence electrons. The number of hydrogen-bond donors (Lipinski definition) is 1. The van der Waals surface area contributed by atoms with Crippen LogP contribution in [0.25, 0.3) is 11.5 Å². The summed E-state index contributed by atoms with van der Waals surface area (Å²) in [6.07, 6.45) is 1.78. The minimum Gasteiger partial charge on any atom is -0.310 e. The summed E-state index contributed by atoms with van der Waals surface area (Å²) in [6, 6.07) is 9.78. The molecule has 0 fully saturated rings. The van der Waals surface area contributed by atoms with Crippen LogP contribution < -0.4 is 5.32 Å². The highest BCUT2D eigenvalue weighted by molar-refractivity contribution is 5.95. The predicted molar refractivity (Wildman–Crippen MR) is 94.1 cm³/mol. The van der Waals surface area contributed by atoms with Crippen molar-refractivity contribution in [3.63, 3.8) is 0 Å². The monoisotopic (exact) mass is 363 g/mol.